The lowest BCUT2D eigenvalue weighted by Gasteiger charge is -2.22. The minimum atomic E-state index is -1.23. The number of carboxylic acid groups (broad SMARTS) is 1. The zero-order valence-corrected chi connectivity index (χ0v) is 20.0. The van der Waals surface area contributed by atoms with Crippen molar-refractivity contribution >= 4 is 39.6 Å². The van der Waals surface area contributed by atoms with Crippen LogP contribution in [0.1, 0.15) is 31.9 Å². The van der Waals surface area contributed by atoms with Crippen molar-refractivity contribution in [2.24, 2.45) is 0 Å². The molecular formula is C22H25BrClNO6. The summed E-state index contributed by atoms with van der Waals surface area (Å²) in [5.74, 6) is -0.0323. The Hall–Kier alpha value is -2.45. The van der Waals surface area contributed by atoms with E-state index in [9.17, 15) is 14.7 Å². The van der Waals surface area contributed by atoms with Gasteiger partial charge in [0.25, 0.3) is 0 Å². The molecule has 1 unspecified atom stereocenters. The van der Waals surface area contributed by atoms with Gasteiger partial charge in [-0.15, -0.1) is 0 Å². The van der Waals surface area contributed by atoms with Crippen LogP contribution in [0.5, 0.6) is 11.5 Å². The summed E-state index contributed by atoms with van der Waals surface area (Å²) < 4.78 is 16.9. The van der Waals surface area contributed by atoms with Gasteiger partial charge < -0.3 is 24.6 Å². The van der Waals surface area contributed by atoms with Gasteiger partial charge in [0.05, 0.1) is 11.6 Å². The Balaban J connectivity index is 2.21. The molecule has 0 saturated carbocycles. The number of alkyl carbamates (subject to hydrolysis) is 1. The number of methoxy groups -OCH3 is 1. The Morgan fingerprint density at radius 2 is 1.84 bits per heavy atom. The van der Waals surface area contributed by atoms with Gasteiger partial charge in [0.2, 0.25) is 0 Å². The van der Waals surface area contributed by atoms with Gasteiger partial charge in [-0.1, -0.05) is 23.7 Å². The van der Waals surface area contributed by atoms with Crippen LogP contribution in [-0.4, -0.2) is 35.9 Å². The number of carbonyl (C=O) groups is 2. The van der Waals surface area contributed by atoms with Crippen LogP contribution < -0.4 is 14.8 Å². The van der Waals surface area contributed by atoms with E-state index < -0.39 is 23.7 Å². The van der Waals surface area contributed by atoms with E-state index in [-0.39, 0.29) is 13.0 Å². The van der Waals surface area contributed by atoms with E-state index in [1.807, 2.05) is 24.3 Å². The summed E-state index contributed by atoms with van der Waals surface area (Å²) >= 11 is 9.59. The van der Waals surface area contributed by atoms with Crippen molar-refractivity contribution in [2.45, 2.75) is 45.4 Å². The molecule has 1 amide bonds. The van der Waals surface area contributed by atoms with Crippen LogP contribution in [0.2, 0.25) is 5.02 Å². The molecule has 7 nitrogen and oxygen atoms in total. The molecule has 0 fully saturated rings. The third-order valence-corrected chi connectivity index (χ3v) is 4.85. The summed E-state index contributed by atoms with van der Waals surface area (Å²) in [6.45, 7) is 5.33. The van der Waals surface area contributed by atoms with Crippen LogP contribution in [0.3, 0.4) is 0 Å². The first kappa shape index (κ1) is 24.8. The summed E-state index contributed by atoms with van der Waals surface area (Å²) in [5.41, 5.74) is 0.672. The Kier molecular flexibility index (Phi) is 8.59. The zero-order chi connectivity index (χ0) is 23.2. The molecule has 31 heavy (non-hydrogen) atoms. The zero-order valence-electron chi connectivity index (χ0n) is 17.7. The number of nitrogens with one attached hydrogen (secondary N) is 1. The second-order valence-electron chi connectivity index (χ2n) is 7.75. The number of halogens is 2. The predicted molar refractivity (Wildman–Crippen MR) is 121 cm³/mol. The fourth-order valence-electron chi connectivity index (χ4n) is 2.67. The van der Waals surface area contributed by atoms with Crippen molar-refractivity contribution in [1.82, 2.24) is 5.32 Å². The number of rotatable bonds is 8. The number of carboxylic acids is 1. The summed E-state index contributed by atoms with van der Waals surface area (Å²) in [7, 11) is 1.59. The van der Waals surface area contributed by atoms with Crippen molar-refractivity contribution in [3.8, 4) is 11.5 Å². The molecule has 0 aliphatic carbocycles. The second kappa shape index (κ2) is 10.7. The van der Waals surface area contributed by atoms with E-state index >= 15 is 0 Å². The largest absolute Gasteiger partial charge is 0.497 e. The van der Waals surface area contributed by atoms with Crippen molar-refractivity contribution in [1.29, 1.82) is 0 Å². The second-order valence-corrected chi connectivity index (χ2v) is 9.04. The van der Waals surface area contributed by atoms with E-state index in [2.05, 4.69) is 21.2 Å². The maximum atomic E-state index is 12.1. The van der Waals surface area contributed by atoms with E-state index in [0.717, 1.165) is 11.3 Å². The van der Waals surface area contributed by atoms with Gasteiger partial charge in [-0.2, -0.15) is 0 Å². The molecule has 2 rings (SSSR count). The standard InChI is InChI=1S/C22H25BrClNO6/c1-22(2,3)31-21(28)25-18(20(26)27)10-14-9-15(24)11-17(23)19(14)30-12-13-5-7-16(29-4)8-6-13/h5-9,11,18H,10,12H2,1-4H3,(H,25,28)(H,26,27). The minimum absolute atomic E-state index is 0.0499. The quantitative estimate of drug-likeness (QED) is 0.502. The molecule has 0 bridgehead atoms. The lowest BCUT2D eigenvalue weighted by Crippen LogP contribution is -2.44. The molecule has 0 saturated heterocycles. The topological polar surface area (TPSA) is 94.1 Å². The number of carbonyl (C=O) groups excluding carboxylic acids is 1. The van der Waals surface area contributed by atoms with Crippen molar-refractivity contribution in [3.05, 3.63) is 57.0 Å². The van der Waals surface area contributed by atoms with E-state index in [4.69, 9.17) is 25.8 Å². The maximum Gasteiger partial charge on any atom is 0.408 e. The average Bonchev–Trinajstić information content (AvgIpc) is 2.65. The first-order chi connectivity index (χ1) is 14.5. The van der Waals surface area contributed by atoms with Crippen LogP contribution in [0.4, 0.5) is 4.79 Å². The Bertz CT molecular complexity index is 927. The molecular weight excluding hydrogens is 490 g/mol. The monoisotopic (exact) mass is 513 g/mol. The van der Waals surface area contributed by atoms with Crippen LogP contribution in [-0.2, 0) is 22.6 Å². The van der Waals surface area contributed by atoms with Crippen molar-refractivity contribution < 1.29 is 28.9 Å². The molecule has 0 heterocycles. The number of amides is 1. The molecule has 1 atom stereocenters. The highest BCUT2D eigenvalue weighted by Crippen LogP contribution is 2.34. The molecule has 0 aromatic heterocycles. The number of hydrogen-bond acceptors (Lipinski definition) is 5. The van der Waals surface area contributed by atoms with Crippen LogP contribution in [0, 0.1) is 0 Å². The molecule has 9 heteroatoms. The fraction of sp³-hybridized carbons (Fsp3) is 0.364. The average molecular weight is 515 g/mol. The summed E-state index contributed by atoms with van der Waals surface area (Å²) in [4.78, 5) is 23.8. The number of hydrogen-bond donors (Lipinski definition) is 2. The molecule has 0 radical (unpaired) electrons. The minimum Gasteiger partial charge on any atom is -0.497 e. The molecule has 168 valence electrons. The first-order valence-corrected chi connectivity index (χ1v) is 10.6. The highest BCUT2D eigenvalue weighted by molar-refractivity contribution is 9.10. The summed E-state index contributed by atoms with van der Waals surface area (Å²) in [5, 5.41) is 12.4. The van der Waals surface area contributed by atoms with E-state index in [1.165, 1.54) is 0 Å². The van der Waals surface area contributed by atoms with E-state index in [0.29, 0.717) is 20.8 Å². The van der Waals surface area contributed by atoms with E-state index in [1.54, 1.807) is 40.0 Å². The molecule has 2 aromatic carbocycles. The molecule has 0 spiro atoms. The number of benzene rings is 2. The highest BCUT2D eigenvalue weighted by atomic mass is 79.9. The lowest BCUT2D eigenvalue weighted by molar-refractivity contribution is -0.139. The molecule has 2 aromatic rings. The van der Waals surface area contributed by atoms with Gasteiger partial charge in [-0.05, 0) is 72.1 Å². The number of aliphatic carboxylic acids is 1. The van der Waals surface area contributed by atoms with Gasteiger partial charge in [-0.3, -0.25) is 0 Å². The van der Waals surface area contributed by atoms with Crippen molar-refractivity contribution in [2.75, 3.05) is 7.11 Å². The van der Waals surface area contributed by atoms with Gasteiger partial charge in [-0.25, -0.2) is 9.59 Å². The maximum absolute atomic E-state index is 12.1. The van der Waals surface area contributed by atoms with Crippen LogP contribution in [0.15, 0.2) is 40.9 Å². The van der Waals surface area contributed by atoms with Gasteiger partial charge in [0.15, 0.2) is 0 Å². The van der Waals surface area contributed by atoms with Crippen LogP contribution >= 0.6 is 27.5 Å². The van der Waals surface area contributed by atoms with Gasteiger partial charge >= 0.3 is 12.1 Å². The molecule has 0 aliphatic heterocycles. The summed E-state index contributed by atoms with van der Waals surface area (Å²) in [6, 6.07) is 9.42. The lowest BCUT2D eigenvalue weighted by atomic mass is 10.0. The highest BCUT2D eigenvalue weighted by Gasteiger charge is 2.26. The predicted octanol–water partition coefficient (Wildman–Crippen LogP) is 5.21. The number of ether oxygens (including phenoxy) is 3. The Labute approximate surface area is 194 Å². The molecule has 2 N–H and O–H groups in total. The van der Waals surface area contributed by atoms with Crippen LogP contribution in [0.25, 0.3) is 0 Å². The van der Waals surface area contributed by atoms with Gasteiger partial charge in [0.1, 0.15) is 29.7 Å². The fourth-order valence-corrected chi connectivity index (χ4v) is 3.66. The summed E-state index contributed by atoms with van der Waals surface area (Å²) in [6.07, 6.45) is -0.868. The Morgan fingerprint density at radius 1 is 1.19 bits per heavy atom. The smallest absolute Gasteiger partial charge is 0.408 e. The van der Waals surface area contributed by atoms with Crippen molar-refractivity contribution in [3.63, 3.8) is 0 Å². The molecule has 0 aliphatic rings. The third kappa shape index (κ3) is 7.95. The normalized spacial score (nSPS) is 12.1. The SMILES string of the molecule is COc1ccc(COc2c(Br)cc(Cl)cc2CC(NC(=O)OC(C)(C)C)C(=O)O)cc1. The van der Waals surface area contributed by atoms with Gasteiger partial charge in [0, 0.05) is 11.4 Å². The third-order valence-electron chi connectivity index (χ3n) is 4.04. The first-order valence-electron chi connectivity index (χ1n) is 9.44. The Morgan fingerprint density at radius 3 is 2.39 bits per heavy atom.